The molecule has 10 heteroatoms. The van der Waals surface area contributed by atoms with Gasteiger partial charge in [0.15, 0.2) is 0 Å². The summed E-state index contributed by atoms with van der Waals surface area (Å²) in [4.78, 5) is 26.6. The number of hydrogen-bond acceptors (Lipinski definition) is 6. The van der Waals surface area contributed by atoms with Crippen LogP contribution in [0.4, 0.5) is 19.4 Å². The Kier molecular flexibility index (Phi) is 6.86. The minimum absolute atomic E-state index is 0.0997. The minimum atomic E-state index is -2.62. The second kappa shape index (κ2) is 9.55. The van der Waals surface area contributed by atoms with Crippen molar-refractivity contribution in [3.05, 3.63) is 30.7 Å². The molecule has 3 rings (SSSR count). The Labute approximate surface area is 167 Å². The van der Waals surface area contributed by atoms with Gasteiger partial charge in [0.05, 0.1) is 13.7 Å². The second-order valence-electron chi connectivity index (χ2n) is 6.88. The highest BCUT2D eigenvalue weighted by molar-refractivity contribution is 5.91. The monoisotopic (exact) mass is 406 g/mol. The van der Waals surface area contributed by atoms with Gasteiger partial charge in [0.25, 0.3) is 6.43 Å². The molecule has 0 bridgehead atoms. The lowest BCUT2D eigenvalue weighted by atomic mass is 9.91. The van der Waals surface area contributed by atoms with Crippen molar-refractivity contribution in [2.75, 3.05) is 18.6 Å². The van der Waals surface area contributed by atoms with E-state index in [0.29, 0.717) is 18.7 Å². The molecular formula is C19H24F2N6O2. The van der Waals surface area contributed by atoms with Gasteiger partial charge in [-0.05, 0) is 37.8 Å². The van der Waals surface area contributed by atoms with Gasteiger partial charge in [-0.1, -0.05) is 0 Å². The van der Waals surface area contributed by atoms with Gasteiger partial charge in [0.1, 0.15) is 5.82 Å². The first-order valence-corrected chi connectivity index (χ1v) is 9.41. The molecule has 0 aliphatic heterocycles. The number of nitrogens with two attached hydrogens (primary N) is 1. The van der Waals surface area contributed by atoms with Crippen molar-refractivity contribution < 1.29 is 18.3 Å². The summed E-state index contributed by atoms with van der Waals surface area (Å²) in [5, 5.41) is 2.28. The molecule has 3 N–H and O–H groups in total. The zero-order chi connectivity index (χ0) is 20.8. The molecule has 8 nitrogen and oxygen atoms in total. The van der Waals surface area contributed by atoms with Crippen LogP contribution in [0.3, 0.4) is 0 Å². The van der Waals surface area contributed by atoms with Gasteiger partial charge in [-0.25, -0.2) is 28.5 Å². The van der Waals surface area contributed by atoms with Crippen molar-refractivity contribution >= 4 is 11.8 Å². The maximum Gasteiger partial charge on any atom is 0.323 e. The summed E-state index contributed by atoms with van der Waals surface area (Å²) in [5.41, 5.74) is 7.46. The topological polar surface area (TPSA) is 106 Å². The van der Waals surface area contributed by atoms with Crippen LogP contribution in [0.15, 0.2) is 30.7 Å². The Morgan fingerprint density at radius 3 is 2.38 bits per heavy atom. The van der Waals surface area contributed by atoms with Gasteiger partial charge in [0, 0.05) is 41.8 Å². The van der Waals surface area contributed by atoms with E-state index in [2.05, 4.69) is 20.3 Å². The largest absolute Gasteiger partial charge is 0.467 e. The Bertz CT molecular complexity index is 795. The highest BCUT2D eigenvalue weighted by atomic mass is 19.3. The van der Waals surface area contributed by atoms with Crippen LogP contribution in [0.2, 0.25) is 0 Å². The van der Waals surface area contributed by atoms with E-state index < -0.39 is 19.0 Å². The number of ether oxygens (including phenoxy) is 1. The summed E-state index contributed by atoms with van der Waals surface area (Å²) in [6.45, 7) is -0.706. The quantitative estimate of drug-likeness (QED) is 0.764. The number of nitrogens with zero attached hydrogens (tertiary/aromatic N) is 4. The highest BCUT2D eigenvalue weighted by Gasteiger charge is 2.30. The summed E-state index contributed by atoms with van der Waals surface area (Å²) in [5.74, 6) is 0.399. The lowest BCUT2D eigenvalue weighted by molar-refractivity contribution is 0.146. The molecule has 0 spiro atoms. The summed E-state index contributed by atoms with van der Waals surface area (Å²) in [6.07, 6.45) is 5.12. The molecular weight excluding hydrogens is 382 g/mol. The maximum atomic E-state index is 12.6. The second-order valence-corrected chi connectivity index (χ2v) is 6.88. The van der Waals surface area contributed by atoms with E-state index in [1.807, 2.05) is 0 Å². The fourth-order valence-electron chi connectivity index (χ4n) is 3.34. The van der Waals surface area contributed by atoms with Gasteiger partial charge in [-0.2, -0.15) is 0 Å². The molecule has 0 radical (unpaired) electrons. The Hall–Kier alpha value is -2.88. The van der Waals surface area contributed by atoms with E-state index >= 15 is 0 Å². The maximum absolute atomic E-state index is 12.6. The van der Waals surface area contributed by atoms with Gasteiger partial charge in [0.2, 0.25) is 0 Å². The Morgan fingerprint density at radius 2 is 1.83 bits per heavy atom. The number of halogens is 2. The van der Waals surface area contributed by atoms with Crippen LogP contribution < -0.4 is 20.7 Å². The molecule has 0 unspecified atom stereocenters. The van der Waals surface area contributed by atoms with Crippen molar-refractivity contribution in [1.29, 1.82) is 0 Å². The molecule has 0 atom stereocenters. The molecule has 2 aromatic rings. The van der Waals surface area contributed by atoms with E-state index in [0.717, 1.165) is 24.0 Å². The van der Waals surface area contributed by atoms with Crippen molar-refractivity contribution in [3.63, 3.8) is 0 Å². The molecule has 1 saturated carbocycles. The molecule has 2 aromatic heterocycles. The zero-order valence-corrected chi connectivity index (χ0v) is 16.1. The predicted octanol–water partition coefficient (Wildman–Crippen LogP) is 2.60. The van der Waals surface area contributed by atoms with E-state index in [1.54, 1.807) is 30.7 Å². The highest BCUT2D eigenvalue weighted by Crippen LogP contribution is 2.27. The van der Waals surface area contributed by atoms with Crippen LogP contribution in [0, 0.1) is 0 Å². The molecule has 2 amide bonds. The van der Waals surface area contributed by atoms with Gasteiger partial charge in [-0.3, -0.25) is 4.90 Å². The van der Waals surface area contributed by atoms with Crippen LogP contribution in [-0.2, 0) is 0 Å². The molecule has 156 valence electrons. The minimum Gasteiger partial charge on any atom is -0.467 e. The SMILES string of the molecule is COc1ncc(-c2ccc(N(C(=O)NCC(F)F)[C@H]3CC[C@H](N)CC3)nc2)cn1. The van der Waals surface area contributed by atoms with E-state index in [4.69, 9.17) is 10.5 Å². The number of alkyl halides is 2. The molecule has 1 aliphatic carbocycles. The number of rotatable bonds is 6. The molecule has 2 heterocycles. The standard InChI is InChI=1S/C19H24F2N6O2/c1-29-18-24-9-13(10-25-18)12-2-7-17(23-8-12)27(19(28)26-11-16(20)21)15-5-3-14(22)4-6-15/h2,7-10,14-16H,3-6,11,22H2,1H3,(H,26,28)/t14-,15-. The van der Waals surface area contributed by atoms with Gasteiger partial charge in [-0.15, -0.1) is 0 Å². The number of carbonyl (C=O) groups is 1. The van der Waals surface area contributed by atoms with Crippen LogP contribution in [0.1, 0.15) is 25.7 Å². The van der Waals surface area contributed by atoms with Crippen LogP contribution in [-0.4, -0.2) is 53.1 Å². The fraction of sp³-hybridized carbons (Fsp3) is 0.474. The first-order valence-electron chi connectivity index (χ1n) is 9.41. The lowest BCUT2D eigenvalue weighted by Crippen LogP contribution is -2.50. The van der Waals surface area contributed by atoms with Crippen molar-refractivity contribution in [2.45, 2.75) is 44.2 Å². The Balaban J connectivity index is 1.81. The number of carbonyl (C=O) groups excluding carboxylic acids is 1. The van der Waals surface area contributed by atoms with Crippen LogP contribution in [0.25, 0.3) is 11.1 Å². The third-order valence-electron chi connectivity index (χ3n) is 4.87. The van der Waals surface area contributed by atoms with Crippen LogP contribution in [0.5, 0.6) is 6.01 Å². The van der Waals surface area contributed by atoms with Gasteiger partial charge < -0.3 is 15.8 Å². The van der Waals surface area contributed by atoms with E-state index in [1.165, 1.54) is 12.0 Å². The molecule has 1 aliphatic rings. The average Bonchev–Trinajstić information content (AvgIpc) is 2.74. The first kappa shape index (κ1) is 20.8. The summed E-state index contributed by atoms with van der Waals surface area (Å²) in [6, 6.07) is 3.11. The average molecular weight is 406 g/mol. The smallest absolute Gasteiger partial charge is 0.323 e. The van der Waals surface area contributed by atoms with Crippen LogP contribution >= 0.6 is 0 Å². The Morgan fingerprint density at radius 1 is 1.17 bits per heavy atom. The third kappa shape index (κ3) is 5.35. The molecule has 0 saturated heterocycles. The number of urea groups is 1. The van der Waals surface area contributed by atoms with E-state index in [-0.39, 0.29) is 18.1 Å². The number of anilines is 1. The lowest BCUT2D eigenvalue weighted by Gasteiger charge is -2.35. The summed E-state index contributed by atoms with van der Waals surface area (Å²) < 4.78 is 30.1. The number of nitrogens with one attached hydrogen (secondary N) is 1. The fourth-order valence-corrected chi connectivity index (χ4v) is 3.34. The zero-order valence-electron chi connectivity index (χ0n) is 16.1. The molecule has 1 fully saturated rings. The third-order valence-corrected chi connectivity index (χ3v) is 4.87. The normalized spacial score (nSPS) is 19.1. The predicted molar refractivity (Wildman–Crippen MR) is 104 cm³/mol. The first-order chi connectivity index (χ1) is 14.0. The number of aromatic nitrogens is 3. The van der Waals surface area contributed by atoms with Gasteiger partial charge >= 0.3 is 12.0 Å². The number of methoxy groups -OCH3 is 1. The van der Waals surface area contributed by atoms with E-state index in [9.17, 15) is 13.6 Å². The van der Waals surface area contributed by atoms with Crippen molar-refractivity contribution in [2.24, 2.45) is 5.73 Å². The summed E-state index contributed by atoms with van der Waals surface area (Å²) in [7, 11) is 1.48. The molecule has 29 heavy (non-hydrogen) atoms. The number of pyridine rings is 1. The van der Waals surface area contributed by atoms with Crippen molar-refractivity contribution in [3.8, 4) is 17.1 Å². The van der Waals surface area contributed by atoms with Crippen molar-refractivity contribution in [1.82, 2.24) is 20.3 Å². The number of hydrogen-bond donors (Lipinski definition) is 2. The number of amides is 2. The molecule has 0 aromatic carbocycles. The summed E-state index contributed by atoms with van der Waals surface area (Å²) >= 11 is 0.